The molecule has 7 nitrogen and oxygen atoms in total. The Bertz CT molecular complexity index is 530. The maximum absolute atomic E-state index is 11.3. The molecule has 1 heterocycles. The molecule has 0 saturated carbocycles. The molecule has 1 aromatic rings. The molecule has 7 heteroatoms. The lowest BCUT2D eigenvalue weighted by Gasteiger charge is -2.38. The Morgan fingerprint density at radius 1 is 1.13 bits per heavy atom. The third-order valence-corrected chi connectivity index (χ3v) is 3.31. The molecule has 0 bridgehead atoms. The first-order valence-electron chi connectivity index (χ1n) is 7.27. The molecule has 126 valence electrons. The van der Waals surface area contributed by atoms with Crippen LogP contribution in [0.25, 0.3) is 0 Å². The number of hydrogen-bond donors (Lipinski definition) is 1. The predicted molar refractivity (Wildman–Crippen MR) is 78.1 cm³/mol. The first-order valence-corrected chi connectivity index (χ1v) is 7.27. The maximum Gasteiger partial charge on any atom is 0.303 e. The Kier molecular flexibility index (Phi) is 6.09. The van der Waals surface area contributed by atoms with Gasteiger partial charge in [-0.2, -0.15) is 0 Å². The van der Waals surface area contributed by atoms with Gasteiger partial charge in [0, 0.05) is 13.8 Å². The molecule has 0 spiro atoms. The van der Waals surface area contributed by atoms with Crippen molar-refractivity contribution in [1.82, 2.24) is 0 Å². The fourth-order valence-corrected chi connectivity index (χ4v) is 2.35. The standard InChI is InChI=1S/C16H20O7/c1-10(17)22-13-9-21-16(19)15(14(13)23-11(2)18)20-8-12-6-4-3-5-7-12/h3-7,13-16,19H,8-9H2,1-2H3/t13-,14+,15-,16+/m1/s1. The highest BCUT2D eigenvalue weighted by atomic mass is 16.7. The summed E-state index contributed by atoms with van der Waals surface area (Å²) in [6, 6.07) is 9.32. The van der Waals surface area contributed by atoms with Crippen LogP contribution in [0.5, 0.6) is 0 Å². The minimum Gasteiger partial charge on any atom is -0.456 e. The molecule has 0 radical (unpaired) electrons. The smallest absolute Gasteiger partial charge is 0.303 e. The van der Waals surface area contributed by atoms with Gasteiger partial charge in [-0.1, -0.05) is 30.3 Å². The quantitative estimate of drug-likeness (QED) is 0.800. The number of hydrogen-bond acceptors (Lipinski definition) is 7. The molecule has 0 unspecified atom stereocenters. The third kappa shape index (κ3) is 5.02. The largest absolute Gasteiger partial charge is 0.456 e. The van der Waals surface area contributed by atoms with Crippen molar-refractivity contribution in [3.8, 4) is 0 Å². The topological polar surface area (TPSA) is 91.3 Å². The van der Waals surface area contributed by atoms with Crippen molar-refractivity contribution in [3.05, 3.63) is 35.9 Å². The van der Waals surface area contributed by atoms with Crippen LogP contribution in [0.4, 0.5) is 0 Å². The van der Waals surface area contributed by atoms with Crippen LogP contribution in [0.1, 0.15) is 19.4 Å². The zero-order valence-corrected chi connectivity index (χ0v) is 13.0. The molecule has 1 saturated heterocycles. The van der Waals surface area contributed by atoms with E-state index in [1.165, 1.54) is 13.8 Å². The highest BCUT2D eigenvalue weighted by Gasteiger charge is 2.44. The van der Waals surface area contributed by atoms with Crippen molar-refractivity contribution in [2.45, 2.75) is 45.1 Å². The van der Waals surface area contributed by atoms with Crippen molar-refractivity contribution in [2.75, 3.05) is 6.61 Å². The minimum absolute atomic E-state index is 0.0795. The van der Waals surface area contributed by atoms with Crippen molar-refractivity contribution in [1.29, 1.82) is 0 Å². The maximum atomic E-state index is 11.3. The number of aliphatic hydroxyl groups is 1. The SMILES string of the molecule is CC(=O)O[C@@H]1[C@@H](OCc2ccccc2)[C@@H](O)OC[C@H]1OC(C)=O. The second kappa shape index (κ2) is 8.05. The average Bonchev–Trinajstić information content (AvgIpc) is 2.50. The first kappa shape index (κ1) is 17.4. The molecule has 0 aliphatic carbocycles. The highest BCUT2D eigenvalue weighted by molar-refractivity contribution is 5.67. The number of esters is 2. The van der Waals surface area contributed by atoms with Gasteiger partial charge in [-0.15, -0.1) is 0 Å². The fourth-order valence-electron chi connectivity index (χ4n) is 2.35. The summed E-state index contributed by atoms with van der Waals surface area (Å²) in [5.41, 5.74) is 0.885. The number of carbonyl (C=O) groups excluding carboxylic acids is 2. The summed E-state index contributed by atoms with van der Waals surface area (Å²) >= 11 is 0. The number of ether oxygens (including phenoxy) is 4. The summed E-state index contributed by atoms with van der Waals surface area (Å²) in [5, 5.41) is 10.0. The van der Waals surface area contributed by atoms with Gasteiger partial charge in [0.1, 0.15) is 6.10 Å². The van der Waals surface area contributed by atoms with E-state index in [-0.39, 0.29) is 13.2 Å². The second-order valence-electron chi connectivity index (χ2n) is 5.21. The van der Waals surface area contributed by atoms with Gasteiger partial charge in [0.05, 0.1) is 13.2 Å². The van der Waals surface area contributed by atoms with E-state index in [9.17, 15) is 14.7 Å². The van der Waals surface area contributed by atoms with E-state index in [1.807, 2.05) is 30.3 Å². The van der Waals surface area contributed by atoms with Crippen LogP contribution in [0.3, 0.4) is 0 Å². The summed E-state index contributed by atoms with van der Waals surface area (Å²) in [5.74, 6) is -1.09. The minimum atomic E-state index is -1.28. The number of carbonyl (C=O) groups is 2. The predicted octanol–water partition coefficient (Wildman–Crippen LogP) is 0.784. The summed E-state index contributed by atoms with van der Waals surface area (Å²) < 4.78 is 21.1. The number of aliphatic hydroxyl groups excluding tert-OH is 1. The molecular weight excluding hydrogens is 304 g/mol. The average molecular weight is 324 g/mol. The Morgan fingerprint density at radius 3 is 2.39 bits per heavy atom. The van der Waals surface area contributed by atoms with E-state index in [0.29, 0.717) is 0 Å². The summed E-state index contributed by atoms with van der Waals surface area (Å²) in [7, 11) is 0. The van der Waals surface area contributed by atoms with Gasteiger partial charge < -0.3 is 24.1 Å². The molecule has 1 fully saturated rings. The van der Waals surface area contributed by atoms with Crippen molar-refractivity contribution >= 4 is 11.9 Å². The number of rotatable bonds is 5. The van der Waals surface area contributed by atoms with Crippen LogP contribution < -0.4 is 0 Å². The van der Waals surface area contributed by atoms with Crippen LogP contribution in [0.2, 0.25) is 0 Å². The molecule has 0 amide bonds. The van der Waals surface area contributed by atoms with Gasteiger partial charge in [-0.3, -0.25) is 9.59 Å². The molecule has 1 aliphatic rings. The van der Waals surface area contributed by atoms with Gasteiger partial charge in [0.15, 0.2) is 18.5 Å². The summed E-state index contributed by atoms with van der Waals surface area (Å²) in [6.07, 6.45) is -4.02. The van der Waals surface area contributed by atoms with E-state index in [1.54, 1.807) is 0 Å². The van der Waals surface area contributed by atoms with Gasteiger partial charge in [0.25, 0.3) is 0 Å². The molecule has 1 aromatic carbocycles. The molecule has 2 rings (SSSR count). The Morgan fingerprint density at radius 2 is 1.78 bits per heavy atom. The lowest BCUT2D eigenvalue weighted by Crippen LogP contribution is -2.56. The zero-order valence-electron chi connectivity index (χ0n) is 13.0. The highest BCUT2D eigenvalue weighted by Crippen LogP contribution is 2.24. The van der Waals surface area contributed by atoms with E-state index in [2.05, 4.69) is 0 Å². The second-order valence-corrected chi connectivity index (χ2v) is 5.21. The monoisotopic (exact) mass is 324 g/mol. The van der Waals surface area contributed by atoms with Gasteiger partial charge >= 0.3 is 11.9 Å². The van der Waals surface area contributed by atoms with Crippen LogP contribution in [-0.4, -0.2) is 48.3 Å². The van der Waals surface area contributed by atoms with Gasteiger partial charge in [0.2, 0.25) is 0 Å². The zero-order chi connectivity index (χ0) is 16.8. The number of benzene rings is 1. The fraction of sp³-hybridized carbons (Fsp3) is 0.500. The van der Waals surface area contributed by atoms with Crippen molar-refractivity contribution in [2.24, 2.45) is 0 Å². The van der Waals surface area contributed by atoms with E-state index >= 15 is 0 Å². The molecule has 1 N–H and O–H groups in total. The van der Waals surface area contributed by atoms with Gasteiger partial charge in [-0.05, 0) is 5.56 Å². The van der Waals surface area contributed by atoms with Crippen molar-refractivity contribution in [3.63, 3.8) is 0 Å². The van der Waals surface area contributed by atoms with Crippen LogP contribution >= 0.6 is 0 Å². The van der Waals surface area contributed by atoms with Crippen LogP contribution in [0.15, 0.2) is 30.3 Å². The van der Waals surface area contributed by atoms with E-state index in [4.69, 9.17) is 18.9 Å². The lowest BCUT2D eigenvalue weighted by atomic mass is 10.0. The molecule has 1 aliphatic heterocycles. The van der Waals surface area contributed by atoms with Crippen molar-refractivity contribution < 1.29 is 33.6 Å². The van der Waals surface area contributed by atoms with Crippen LogP contribution in [-0.2, 0) is 35.1 Å². The molecule has 0 aromatic heterocycles. The summed E-state index contributed by atoms with van der Waals surface area (Å²) in [4.78, 5) is 22.5. The molecular formula is C16H20O7. The van der Waals surface area contributed by atoms with E-state index < -0.39 is 36.5 Å². The van der Waals surface area contributed by atoms with Crippen LogP contribution in [0, 0.1) is 0 Å². The lowest BCUT2D eigenvalue weighted by molar-refractivity contribution is -0.274. The molecule has 23 heavy (non-hydrogen) atoms. The molecule has 4 atom stereocenters. The third-order valence-electron chi connectivity index (χ3n) is 3.31. The normalized spacial score (nSPS) is 27.3. The van der Waals surface area contributed by atoms with Gasteiger partial charge in [-0.25, -0.2) is 0 Å². The Balaban J connectivity index is 2.10. The Labute approximate surface area is 134 Å². The first-order chi connectivity index (χ1) is 11.0. The van der Waals surface area contributed by atoms with E-state index in [0.717, 1.165) is 5.56 Å². The summed E-state index contributed by atoms with van der Waals surface area (Å²) in [6.45, 7) is 2.59. The Hall–Kier alpha value is -1.96.